The van der Waals surface area contributed by atoms with Gasteiger partial charge in [0.2, 0.25) is 0 Å². The van der Waals surface area contributed by atoms with Crippen LogP contribution < -0.4 is 5.32 Å². The molecule has 0 aliphatic heterocycles. The normalized spacial score (nSPS) is 12.2. The van der Waals surface area contributed by atoms with E-state index >= 15 is 0 Å². The van der Waals surface area contributed by atoms with Crippen LogP contribution in [0.1, 0.15) is 17.2 Å². The summed E-state index contributed by atoms with van der Waals surface area (Å²) < 4.78 is 14.0. The van der Waals surface area contributed by atoms with Gasteiger partial charge in [-0.2, -0.15) is 0 Å². The molecule has 2 aromatic rings. The summed E-state index contributed by atoms with van der Waals surface area (Å²) in [5.41, 5.74) is 2.61. The first-order valence-electron chi connectivity index (χ1n) is 5.99. The molecule has 2 nitrogen and oxygen atoms in total. The molecule has 2 aromatic carbocycles. The lowest BCUT2D eigenvalue weighted by Gasteiger charge is -2.14. The number of anilines is 1. The number of nitrogens with one attached hydrogen (secondary N) is 1. The van der Waals surface area contributed by atoms with E-state index in [1.165, 1.54) is 12.1 Å². The summed E-state index contributed by atoms with van der Waals surface area (Å²) in [5, 5.41) is 13.1. The molecule has 2 rings (SSSR count). The van der Waals surface area contributed by atoms with Crippen LogP contribution in [0.25, 0.3) is 0 Å². The smallest absolute Gasteiger partial charge is 0.123 e. The van der Waals surface area contributed by atoms with Crippen molar-refractivity contribution in [1.29, 1.82) is 0 Å². The Morgan fingerprint density at radius 3 is 2.74 bits per heavy atom. The van der Waals surface area contributed by atoms with Crippen molar-refractivity contribution in [3.8, 4) is 0 Å². The lowest BCUT2D eigenvalue weighted by atomic mass is 10.1. The first-order chi connectivity index (χ1) is 9.04. The lowest BCUT2D eigenvalue weighted by Crippen LogP contribution is -2.12. The quantitative estimate of drug-likeness (QED) is 0.889. The van der Waals surface area contributed by atoms with Crippen LogP contribution in [-0.2, 0) is 0 Å². The maximum atomic E-state index is 13.1. The minimum atomic E-state index is -0.741. The molecule has 0 saturated heterocycles. The first-order valence-corrected chi connectivity index (χ1v) is 6.78. The third-order valence-electron chi connectivity index (χ3n) is 2.78. The van der Waals surface area contributed by atoms with E-state index in [1.54, 1.807) is 12.1 Å². The largest absolute Gasteiger partial charge is 0.387 e. The van der Waals surface area contributed by atoms with Gasteiger partial charge >= 0.3 is 0 Å². The highest BCUT2D eigenvalue weighted by molar-refractivity contribution is 9.10. The van der Waals surface area contributed by atoms with E-state index in [4.69, 9.17) is 0 Å². The van der Waals surface area contributed by atoms with Crippen molar-refractivity contribution < 1.29 is 9.50 Å². The topological polar surface area (TPSA) is 32.3 Å². The maximum absolute atomic E-state index is 13.1. The van der Waals surface area contributed by atoms with Crippen LogP contribution in [0.2, 0.25) is 0 Å². The monoisotopic (exact) mass is 323 g/mol. The number of hydrogen-bond donors (Lipinski definition) is 2. The highest BCUT2D eigenvalue weighted by Crippen LogP contribution is 2.20. The summed E-state index contributed by atoms with van der Waals surface area (Å²) in [6.45, 7) is 2.33. The summed E-state index contributed by atoms with van der Waals surface area (Å²) in [7, 11) is 0. The fourth-order valence-corrected chi connectivity index (χ4v) is 2.49. The van der Waals surface area contributed by atoms with Crippen LogP contribution in [0.4, 0.5) is 10.1 Å². The number of aryl methyl sites for hydroxylation is 1. The van der Waals surface area contributed by atoms with Crippen molar-refractivity contribution in [2.24, 2.45) is 0 Å². The molecule has 4 heteroatoms. The summed E-state index contributed by atoms with van der Waals surface area (Å²) in [4.78, 5) is 0. The lowest BCUT2D eigenvalue weighted by molar-refractivity contribution is 0.191. The molecule has 0 aliphatic carbocycles. The molecule has 19 heavy (non-hydrogen) atoms. The number of hydrogen-bond acceptors (Lipinski definition) is 2. The fraction of sp³-hybridized carbons (Fsp3) is 0.200. The van der Waals surface area contributed by atoms with Gasteiger partial charge in [-0.3, -0.25) is 0 Å². The molecule has 0 heterocycles. The van der Waals surface area contributed by atoms with Crippen molar-refractivity contribution >= 4 is 21.6 Å². The van der Waals surface area contributed by atoms with Gasteiger partial charge in [-0.15, -0.1) is 0 Å². The Balaban J connectivity index is 2.02. The van der Waals surface area contributed by atoms with Gasteiger partial charge in [0, 0.05) is 16.7 Å². The van der Waals surface area contributed by atoms with Gasteiger partial charge in [0.05, 0.1) is 6.10 Å². The van der Waals surface area contributed by atoms with Crippen LogP contribution >= 0.6 is 15.9 Å². The molecule has 0 spiro atoms. The van der Waals surface area contributed by atoms with Gasteiger partial charge in [0.25, 0.3) is 0 Å². The zero-order chi connectivity index (χ0) is 13.8. The highest BCUT2D eigenvalue weighted by Gasteiger charge is 2.08. The van der Waals surface area contributed by atoms with Crippen LogP contribution in [0.3, 0.4) is 0 Å². The van der Waals surface area contributed by atoms with Gasteiger partial charge < -0.3 is 10.4 Å². The molecule has 0 bridgehead atoms. The van der Waals surface area contributed by atoms with E-state index in [-0.39, 0.29) is 5.82 Å². The standard InChI is InChI=1S/C15H15BrFNO/c1-10-5-12(16)8-14(6-10)18-9-15(19)11-3-2-4-13(17)7-11/h2-8,15,18-19H,9H2,1H3. The van der Waals surface area contributed by atoms with Crippen molar-refractivity contribution in [2.75, 3.05) is 11.9 Å². The van der Waals surface area contributed by atoms with E-state index in [0.29, 0.717) is 12.1 Å². The van der Waals surface area contributed by atoms with E-state index in [1.807, 2.05) is 25.1 Å². The summed E-state index contributed by atoms with van der Waals surface area (Å²) in [5.74, 6) is -0.338. The Morgan fingerprint density at radius 1 is 1.26 bits per heavy atom. The predicted molar refractivity (Wildman–Crippen MR) is 78.7 cm³/mol. The van der Waals surface area contributed by atoms with E-state index < -0.39 is 6.10 Å². The maximum Gasteiger partial charge on any atom is 0.123 e. The SMILES string of the molecule is Cc1cc(Br)cc(NCC(O)c2cccc(F)c2)c1. The van der Waals surface area contributed by atoms with E-state index in [9.17, 15) is 9.50 Å². The van der Waals surface area contributed by atoms with Crippen molar-refractivity contribution in [1.82, 2.24) is 0 Å². The van der Waals surface area contributed by atoms with Crippen LogP contribution in [0.15, 0.2) is 46.9 Å². The molecular formula is C15H15BrFNO. The molecule has 0 saturated carbocycles. The van der Waals surface area contributed by atoms with Gasteiger partial charge in [-0.25, -0.2) is 4.39 Å². The Kier molecular flexibility index (Phi) is 4.56. The number of rotatable bonds is 4. The molecule has 100 valence electrons. The second-order valence-corrected chi connectivity index (χ2v) is 5.38. The molecular weight excluding hydrogens is 309 g/mol. The fourth-order valence-electron chi connectivity index (χ4n) is 1.88. The van der Waals surface area contributed by atoms with Crippen LogP contribution in [0.5, 0.6) is 0 Å². The van der Waals surface area contributed by atoms with Crippen molar-refractivity contribution in [3.05, 3.63) is 63.9 Å². The molecule has 2 N–H and O–H groups in total. The Labute approximate surface area is 120 Å². The molecule has 1 unspecified atom stereocenters. The zero-order valence-corrected chi connectivity index (χ0v) is 12.1. The number of aliphatic hydroxyl groups is 1. The van der Waals surface area contributed by atoms with Gasteiger partial charge in [-0.1, -0.05) is 28.1 Å². The molecule has 1 atom stereocenters. The van der Waals surface area contributed by atoms with Crippen LogP contribution in [0, 0.1) is 12.7 Å². The highest BCUT2D eigenvalue weighted by atomic mass is 79.9. The Hall–Kier alpha value is -1.39. The van der Waals surface area contributed by atoms with Gasteiger partial charge in [0.15, 0.2) is 0 Å². The third-order valence-corrected chi connectivity index (χ3v) is 3.23. The van der Waals surface area contributed by atoms with Crippen LogP contribution in [-0.4, -0.2) is 11.7 Å². The minimum Gasteiger partial charge on any atom is -0.387 e. The average molecular weight is 324 g/mol. The first kappa shape index (κ1) is 14.0. The molecule has 0 aromatic heterocycles. The summed E-state index contributed by atoms with van der Waals surface area (Å²) in [6.07, 6.45) is -0.741. The summed E-state index contributed by atoms with van der Waals surface area (Å²) in [6, 6.07) is 11.9. The second kappa shape index (κ2) is 6.17. The predicted octanol–water partition coefficient (Wildman–Crippen LogP) is 4.04. The molecule has 0 fully saturated rings. The van der Waals surface area contributed by atoms with Gasteiger partial charge in [0.1, 0.15) is 5.82 Å². The van der Waals surface area contributed by atoms with Crippen molar-refractivity contribution in [3.63, 3.8) is 0 Å². The summed E-state index contributed by atoms with van der Waals surface area (Å²) >= 11 is 3.42. The van der Waals surface area contributed by atoms with E-state index in [0.717, 1.165) is 15.7 Å². The molecule has 0 radical (unpaired) electrons. The van der Waals surface area contributed by atoms with Crippen molar-refractivity contribution in [2.45, 2.75) is 13.0 Å². The Bertz CT molecular complexity index is 554. The number of benzene rings is 2. The van der Waals surface area contributed by atoms with Gasteiger partial charge in [-0.05, 0) is 48.4 Å². The average Bonchev–Trinajstić information content (AvgIpc) is 2.35. The second-order valence-electron chi connectivity index (χ2n) is 4.47. The molecule has 0 amide bonds. The zero-order valence-electron chi connectivity index (χ0n) is 10.5. The number of halogens is 2. The Morgan fingerprint density at radius 2 is 2.05 bits per heavy atom. The number of aliphatic hydroxyl groups excluding tert-OH is 1. The minimum absolute atomic E-state index is 0.333. The third kappa shape index (κ3) is 4.04. The molecule has 0 aliphatic rings. The van der Waals surface area contributed by atoms with E-state index in [2.05, 4.69) is 21.2 Å².